The van der Waals surface area contributed by atoms with Crippen molar-refractivity contribution in [1.29, 1.82) is 5.41 Å². The second kappa shape index (κ2) is 6.62. The first kappa shape index (κ1) is 16.0. The van der Waals surface area contributed by atoms with Crippen LogP contribution in [0.1, 0.15) is 11.1 Å². The summed E-state index contributed by atoms with van der Waals surface area (Å²) in [5.41, 5.74) is 7.37. The van der Waals surface area contributed by atoms with Crippen molar-refractivity contribution in [1.82, 2.24) is 10.2 Å². The first-order valence-corrected chi connectivity index (χ1v) is 7.13. The quantitative estimate of drug-likeness (QED) is 0.435. The van der Waals surface area contributed by atoms with E-state index < -0.39 is 5.91 Å². The molecule has 1 fully saturated rings. The Morgan fingerprint density at radius 3 is 2.82 bits per heavy atom. The fourth-order valence-corrected chi connectivity index (χ4v) is 2.44. The van der Waals surface area contributed by atoms with Crippen LogP contribution >= 0.6 is 11.6 Å². The van der Waals surface area contributed by atoms with E-state index in [0.29, 0.717) is 35.8 Å². The van der Waals surface area contributed by atoms with Crippen LogP contribution in [0.4, 0.5) is 0 Å². The Bertz CT molecular complexity index is 670. The maximum absolute atomic E-state index is 11.8. The van der Waals surface area contributed by atoms with E-state index in [0.717, 1.165) is 5.56 Å². The highest BCUT2D eigenvalue weighted by molar-refractivity contribution is 6.33. The molecule has 116 valence electrons. The molecular formula is C15H17ClN4O2. The SMILES string of the molecule is Cc1ccc(C(=N)/C(C(N)=O)=C2/CN(C=O)CCN2)cc1Cl. The molecule has 1 aromatic carbocycles. The van der Waals surface area contributed by atoms with Gasteiger partial charge in [-0.2, -0.15) is 0 Å². The molecule has 1 aromatic rings. The Labute approximate surface area is 133 Å². The van der Waals surface area contributed by atoms with E-state index in [1.807, 2.05) is 6.92 Å². The van der Waals surface area contributed by atoms with Crippen molar-refractivity contribution in [2.24, 2.45) is 5.73 Å². The zero-order chi connectivity index (χ0) is 16.3. The summed E-state index contributed by atoms with van der Waals surface area (Å²) in [6.45, 7) is 3.13. The van der Waals surface area contributed by atoms with Crippen molar-refractivity contribution >= 4 is 29.6 Å². The number of nitrogens with one attached hydrogen (secondary N) is 2. The lowest BCUT2D eigenvalue weighted by Crippen LogP contribution is -2.43. The highest BCUT2D eigenvalue weighted by Gasteiger charge is 2.23. The number of nitrogens with two attached hydrogens (primary N) is 1. The van der Waals surface area contributed by atoms with Gasteiger partial charge in [0.15, 0.2) is 0 Å². The number of amides is 2. The van der Waals surface area contributed by atoms with Gasteiger partial charge in [-0.1, -0.05) is 23.7 Å². The number of hydrogen-bond acceptors (Lipinski definition) is 4. The normalized spacial score (nSPS) is 16.7. The third kappa shape index (κ3) is 3.28. The molecular weight excluding hydrogens is 304 g/mol. The average molecular weight is 321 g/mol. The van der Waals surface area contributed by atoms with Crippen molar-refractivity contribution in [2.75, 3.05) is 19.6 Å². The van der Waals surface area contributed by atoms with Gasteiger partial charge in [-0.05, 0) is 18.6 Å². The summed E-state index contributed by atoms with van der Waals surface area (Å²) in [7, 11) is 0. The number of halogens is 1. The van der Waals surface area contributed by atoms with Gasteiger partial charge in [0.1, 0.15) is 0 Å². The van der Waals surface area contributed by atoms with E-state index in [4.69, 9.17) is 22.7 Å². The second-order valence-corrected chi connectivity index (χ2v) is 5.47. The minimum Gasteiger partial charge on any atom is -0.384 e. The number of hydrogen-bond donors (Lipinski definition) is 3. The molecule has 4 N–H and O–H groups in total. The van der Waals surface area contributed by atoms with Crippen LogP contribution in [0.3, 0.4) is 0 Å². The van der Waals surface area contributed by atoms with Gasteiger partial charge >= 0.3 is 0 Å². The minimum absolute atomic E-state index is 0.00958. The second-order valence-electron chi connectivity index (χ2n) is 5.06. The smallest absolute Gasteiger partial charge is 0.252 e. The Balaban J connectivity index is 2.42. The zero-order valence-corrected chi connectivity index (χ0v) is 12.9. The summed E-state index contributed by atoms with van der Waals surface area (Å²) in [4.78, 5) is 24.2. The number of aryl methyl sites for hydroxylation is 1. The number of primary amides is 1. The Kier molecular flexibility index (Phi) is 4.82. The van der Waals surface area contributed by atoms with Gasteiger partial charge in [0.05, 0.1) is 17.8 Å². The molecule has 2 amide bonds. The number of carbonyl (C=O) groups excluding carboxylic acids is 2. The summed E-state index contributed by atoms with van der Waals surface area (Å²) in [6.07, 6.45) is 0.714. The fraction of sp³-hybridized carbons (Fsp3) is 0.267. The molecule has 1 saturated heterocycles. The summed E-state index contributed by atoms with van der Waals surface area (Å²) in [6, 6.07) is 5.12. The standard InChI is InChI=1S/C15H17ClN4O2/c1-9-2-3-10(6-11(9)16)14(17)13(15(18)22)12-7-20(8-21)5-4-19-12/h2-3,6,8,17,19H,4-5,7H2,1H3,(H2,18,22)/b13-12+,17-14?. The van der Waals surface area contributed by atoms with Gasteiger partial charge < -0.3 is 16.0 Å². The average Bonchev–Trinajstić information content (AvgIpc) is 2.50. The predicted octanol–water partition coefficient (Wildman–Crippen LogP) is 0.817. The molecule has 7 heteroatoms. The number of carbonyl (C=O) groups is 2. The molecule has 1 heterocycles. The molecule has 6 nitrogen and oxygen atoms in total. The highest BCUT2D eigenvalue weighted by Crippen LogP contribution is 2.20. The molecule has 0 unspecified atom stereocenters. The highest BCUT2D eigenvalue weighted by atomic mass is 35.5. The molecule has 0 atom stereocenters. The number of benzene rings is 1. The predicted molar refractivity (Wildman–Crippen MR) is 84.9 cm³/mol. The third-order valence-electron chi connectivity index (χ3n) is 3.51. The first-order chi connectivity index (χ1) is 10.4. The number of rotatable bonds is 4. The molecule has 2 rings (SSSR count). The van der Waals surface area contributed by atoms with Crippen molar-refractivity contribution in [3.8, 4) is 0 Å². The number of piperazine rings is 1. The van der Waals surface area contributed by atoms with Gasteiger partial charge in [0.2, 0.25) is 6.41 Å². The van der Waals surface area contributed by atoms with Crippen molar-refractivity contribution < 1.29 is 9.59 Å². The molecule has 0 spiro atoms. The lowest BCUT2D eigenvalue weighted by Gasteiger charge is -2.28. The topological polar surface area (TPSA) is 99.3 Å². The Morgan fingerprint density at radius 1 is 1.50 bits per heavy atom. The molecule has 22 heavy (non-hydrogen) atoms. The first-order valence-electron chi connectivity index (χ1n) is 6.75. The summed E-state index contributed by atoms with van der Waals surface area (Å²) in [5, 5.41) is 11.8. The molecule has 0 radical (unpaired) electrons. The van der Waals surface area contributed by atoms with Crippen LogP contribution in [-0.4, -0.2) is 42.6 Å². The van der Waals surface area contributed by atoms with Crippen molar-refractivity contribution in [2.45, 2.75) is 6.92 Å². The molecule has 0 saturated carbocycles. The van der Waals surface area contributed by atoms with E-state index in [1.165, 1.54) is 4.90 Å². The Hall–Kier alpha value is -2.34. The lowest BCUT2D eigenvalue weighted by atomic mass is 9.98. The monoisotopic (exact) mass is 320 g/mol. The van der Waals surface area contributed by atoms with E-state index >= 15 is 0 Å². The lowest BCUT2D eigenvalue weighted by molar-refractivity contribution is -0.118. The fourth-order valence-electron chi connectivity index (χ4n) is 2.26. The van der Waals surface area contributed by atoms with Crippen molar-refractivity contribution in [3.05, 3.63) is 45.6 Å². The van der Waals surface area contributed by atoms with Gasteiger partial charge in [-0.15, -0.1) is 0 Å². The van der Waals surface area contributed by atoms with Crippen LogP contribution in [0, 0.1) is 12.3 Å². The molecule has 1 aliphatic heterocycles. The third-order valence-corrected chi connectivity index (χ3v) is 3.91. The van der Waals surface area contributed by atoms with Crippen molar-refractivity contribution in [3.63, 3.8) is 0 Å². The van der Waals surface area contributed by atoms with Gasteiger partial charge in [0.25, 0.3) is 5.91 Å². The minimum atomic E-state index is -0.711. The van der Waals surface area contributed by atoms with Crippen LogP contribution in [0.25, 0.3) is 0 Å². The Morgan fingerprint density at radius 2 is 2.23 bits per heavy atom. The van der Waals surface area contributed by atoms with Crippen LogP contribution < -0.4 is 11.1 Å². The summed E-state index contributed by atoms with van der Waals surface area (Å²) < 4.78 is 0. The van der Waals surface area contributed by atoms with Gasteiger partial charge in [0, 0.05) is 29.4 Å². The molecule has 0 aromatic heterocycles. The van der Waals surface area contributed by atoms with Gasteiger partial charge in [-0.25, -0.2) is 0 Å². The molecule has 0 aliphatic carbocycles. The van der Waals surface area contributed by atoms with Gasteiger partial charge in [-0.3, -0.25) is 15.0 Å². The molecule has 1 aliphatic rings. The maximum Gasteiger partial charge on any atom is 0.252 e. The van der Waals surface area contributed by atoms with E-state index in [-0.39, 0.29) is 17.8 Å². The van der Waals surface area contributed by atoms with Crippen LogP contribution in [0.15, 0.2) is 29.5 Å². The van der Waals surface area contributed by atoms with E-state index in [1.54, 1.807) is 18.2 Å². The van der Waals surface area contributed by atoms with E-state index in [9.17, 15) is 9.59 Å². The van der Waals surface area contributed by atoms with Crippen LogP contribution in [-0.2, 0) is 9.59 Å². The van der Waals surface area contributed by atoms with E-state index in [2.05, 4.69) is 5.32 Å². The van der Waals surface area contributed by atoms with Crippen LogP contribution in [0.5, 0.6) is 0 Å². The number of nitrogens with zero attached hydrogens (tertiary/aromatic N) is 1. The maximum atomic E-state index is 11.8. The summed E-state index contributed by atoms with van der Waals surface area (Å²) in [5.74, 6) is -0.711. The van der Waals surface area contributed by atoms with Crippen LogP contribution in [0.2, 0.25) is 5.02 Å². The zero-order valence-electron chi connectivity index (χ0n) is 12.1. The molecule has 0 bridgehead atoms. The summed E-state index contributed by atoms with van der Waals surface area (Å²) >= 11 is 6.07. The largest absolute Gasteiger partial charge is 0.384 e.